The van der Waals surface area contributed by atoms with Gasteiger partial charge in [0.2, 0.25) is 5.95 Å². The molecule has 3 N–H and O–H groups in total. The lowest BCUT2D eigenvalue weighted by Gasteiger charge is -2.22. The van der Waals surface area contributed by atoms with Crippen LogP contribution in [-0.2, 0) is 11.5 Å². The number of hydrogen-bond acceptors (Lipinski definition) is 7. The highest BCUT2D eigenvalue weighted by molar-refractivity contribution is 6.76. The number of amides is 1. The van der Waals surface area contributed by atoms with Crippen LogP contribution in [0.4, 0.5) is 21.0 Å². The molecule has 1 amide bonds. The van der Waals surface area contributed by atoms with Gasteiger partial charge in [0.1, 0.15) is 18.2 Å². The van der Waals surface area contributed by atoms with Gasteiger partial charge >= 0.3 is 6.09 Å². The molecule has 0 aromatic carbocycles. The summed E-state index contributed by atoms with van der Waals surface area (Å²) < 4.78 is 21.7. The molecule has 0 aliphatic carbocycles. The number of ether oxygens (including phenoxy) is 1. The number of halogens is 1. The van der Waals surface area contributed by atoms with Crippen molar-refractivity contribution in [3.05, 3.63) is 18.1 Å². The van der Waals surface area contributed by atoms with Crippen molar-refractivity contribution in [2.75, 3.05) is 37.4 Å². The highest BCUT2D eigenvalue weighted by Crippen LogP contribution is 2.28. The first-order chi connectivity index (χ1) is 14.5. The van der Waals surface area contributed by atoms with Gasteiger partial charge in [-0.25, -0.2) is 18.9 Å². The molecule has 1 fully saturated rings. The molecule has 1 aliphatic rings. The molecule has 2 aromatic heterocycles. The van der Waals surface area contributed by atoms with Gasteiger partial charge in [-0.15, -0.1) is 0 Å². The molecule has 3 rings (SSSR count). The molecule has 170 valence electrons. The lowest BCUT2D eigenvalue weighted by Crippen LogP contribution is -2.38. The number of aromatic nitrogens is 4. The Kier molecular flexibility index (Phi) is 6.79. The van der Waals surface area contributed by atoms with E-state index in [1.807, 2.05) is 4.90 Å². The Morgan fingerprint density at radius 3 is 2.84 bits per heavy atom. The normalized spacial score (nSPS) is 16.7. The van der Waals surface area contributed by atoms with Gasteiger partial charge in [0, 0.05) is 40.9 Å². The Morgan fingerprint density at radius 1 is 1.42 bits per heavy atom. The standard InChI is InChI=1S/C19H30FN7O3Si/c1-25(19(28)29)13-5-6-26(11-13)16-9-15(23-18(21)24-16)17-14(20)10-22-27(17)12-30-7-8-31(2,3)4/h9-10,13H,5-8,11-12H2,1-4H3,(H,28,29)(H2,21,23,24). The van der Waals surface area contributed by atoms with E-state index in [1.165, 1.54) is 9.58 Å². The molecule has 3 heterocycles. The summed E-state index contributed by atoms with van der Waals surface area (Å²) in [4.78, 5) is 22.9. The highest BCUT2D eigenvalue weighted by atomic mass is 28.3. The van der Waals surface area contributed by atoms with Crippen molar-refractivity contribution in [1.29, 1.82) is 0 Å². The zero-order valence-electron chi connectivity index (χ0n) is 18.4. The maximum atomic E-state index is 14.6. The highest BCUT2D eigenvalue weighted by Gasteiger charge is 2.30. The number of carbonyl (C=O) groups is 1. The third-order valence-corrected chi connectivity index (χ3v) is 7.02. The second-order valence-electron chi connectivity index (χ2n) is 8.94. The Balaban J connectivity index is 1.78. The first-order valence-corrected chi connectivity index (χ1v) is 13.9. The average Bonchev–Trinajstić information content (AvgIpc) is 3.30. The van der Waals surface area contributed by atoms with E-state index in [4.69, 9.17) is 10.5 Å². The van der Waals surface area contributed by atoms with Gasteiger partial charge in [-0.05, 0) is 12.5 Å². The predicted octanol–water partition coefficient (Wildman–Crippen LogP) is 2.56. The minimum atomic E-state index is -1.23. The van der Waals surface area contributed by atoms with Crippen molar-refractivity contribution in [1.82, 2.24) is 24.6 Å². The van der Waals surface area contributed by atoms with E-state index >= 15 is 0 Å². The fraction of sp³-hybridized carbons (Fsp3) is 0.579. The second-order valence-corrected chi connectivity index (χ2v) is 14.6. The summed E-state index contributed by atoms with van der Waals surface area (Å²) in [5.41, 5.74) is 6.40. The summed E-state index contributed by atoms with van der Waals surface area (Å²) in [7, 11) is 0.318. The Hall–Kier alpha value is -2.73. The van der Waals surface area contributed by atoms with Crippen LogP contribution in [0.5, 0.6) is 0 Å². The molecule has 1 aliphatic heterocycles. The monoisotopic (exact) mass is 451 g/mol. The largest absolute Gasteiger partial charge is 0.465 e. The predicted molar refractivity (Wildman–Crippen MR) is 118 cm³/mol. The van der Waals surface area contributed by atoms with E-state index in [2.05, 4.69) is 34.7 Å². The summed E-state index contributed by atoms with van der Waals surface area (Å²) in [5, 5.41) is 13.3. The van der Waals surface area contributed by atoms with Crippen LogP contribution in [0.2, 0.25) is 25.7 Å². The zero-order valence-corrected chi connectivity index (χ0v) is 19.4. The molecule has 1 atom stereocenters. The Labute approximate surface area is 181 Å². The van der Waals surface area contributed by atoms with E-state index in [1.54, 1.807) is 13.1 Å². The quantitative estimate of drug-likeness (QED) is 0.464. The molecule has 0 radical (unpaired) electrons. The number of nitrogens with two attached hydrogens (primary N) is 1. The summed E-state index contributed by atoms with van der Waals surface area (Å²) in [5.74, 6) is 0.00712. The van der Waals surface area contributed by atoms with Crippen molar-refractivity contribution in [3.8, 4) is 11.4 Å². The molecule has 12 heteroatoms. The maximum Gasteiger partial charge on any atom is 0.407 e. The molecule has 2 aromatic rings. The summed E-state index contributed by atoms with van der Waals surface area (Å²) in [6.45, 7) is 8.56. The molecule has 10 nitrogen and oxygen atoms in total. The lowest BCUT2D eigenvalue weighted by molar-refractivity contribution is 0.0796. The summed E-state index contributed by atoms with van der Waals surface area (Å²) >= 11 is 0. The van der Waals surface area contributed by atoms with E-state index in [0.717, 1.165) is 12.2 Å². The van der Waals surface area contributed by atoms with Gasteiger partial charge in [-0.2, -0.15) is 10.1 Å². The average molecular weight is 452 g/mol. The number of nitrogen functional groups attached to an aromatic ring is 1. The molecular formula is C19H30FN7O3Si. The fourth-order valence-electron chi connectivity index (χ4n) is 3.40. The smallest absolute Gasteiger partial charge is 0.407 e. The van der Waals surface area contributed by atoms with Gasteiger partial charge in [-0.3, -0.25) is 0 Å². The van der Waals surface area contributed by atoms with E-state index in [-0.39, 0.29) is 24.4 Å². The van der Waals surface area contributed by atoms with Crippen LogP contribution in [0.25, 0.3) is 11.4 Å². The van der Waals surface area contributed by atoms with Crippen molar-refractivity contribution >= 4 is 25.9 Å². The summed E-state index contributed by atoms with van der Waals surface area (Å²) in [6.07, 6.45) is 0.817. The molecular weight excluding hydrogens is 421 g/mol. The van der Waals surface area contributed by atoms with Gasteiger partial charge in [0.25, 0.3) is 0 Å². The van der Waals surface area contributed by atoms with Crippen molar-refractivity contribution < 1.29 is 19.0 Å². The minimum Gasteiger partial charge on any atom is -0.465 e. The summed E-state index contributed by atoms with van der Waals surface area (Å²) in [6, 6.07) is 2.50. The van der Waals surface area contributed by atoms with Crippen LogP contribution in [0, 0.1) is 5.82 Å². The van der Waals surface area contributed by atoms with Crippen LogP contribution in [0.3, 0.4) is 0 Å². The number of anilines is 2. The maximum absolute atomic E-state index is 14.6. The molecule has 31 heavy (non-hydrogen) atoms. The van der Waals surface area contributed by atoms with Gasteiger partial charge < -0.3 is 25.4 Å². The van der Waals surface area contributed by atoms with Gasteiger partial charge in [0.05, 0.1) is 17.9 Å². The number of rotatable bonds is 8. The third-order valence-electron chi connectivity index (χ3n) is 5.31. The molecule has 0 bridgehead atoms. The second kappa shape index (κ2) is 9.18. The molecule has 0 spiro atoms. The van der Waals surface area contributed by atoms with Crippen LogP contribution >= 0.6 is 0 Å². The first kappa shape index (κ1) is 22.9. The Morgan fingerprint density at radius 2 is 2.16 bits per heavy atom. The first-order valence-electron chi connectivity index (χ1n) is 10.2. The molecule has 1 unspecified atom stereocenters. The molecule has 0 saturated carbocycles. The van der Waals surface area contributed by atoms with E-state index in [0.29, 0.717) is 37.6 Å². The third kappa shape index (κ3) is 5.70. The number of carboxylic acid groups (broad SMARTS) is 1. The van der Waals surface area contributed by atoms with Gasteiger partial charge in [-0.1, -0.05) is 19.6 Å². The molecule has 1 saturated heterocycles. The van der Waals surface area contributed by atoms with Crippen LogP contribution in [0.1, 0.15) is 6.42 Å². The van der Waals surface area contributed by atoms with Crippen molar-refractivity contribution in [2.45, 2.75) is 44.9 Å². The van der Waals surface area contributed by atoms with Crippen molar-refractivity contribution in [2.24, 2.45) is 0 Å². The van der Waals surface area contributed by atoms with Gasteiger partial charge in [0.15, 0.2) is 5.82 Å². The van der Waals surface area contributed by atoms with Crippen molar-refractivity contribution in [3.63, 3.8) is 0 Å². The number of likely N-dealkylation sites (N-methyl/N-ethyl adjacent to an activating group) is 1. The zero-order chi connectivity index (χ0) is 22.8. The fourth-order valence-corrected chi connectivity index (χ4v) is 4.16. The number of hydrogen-bond donors (Lipinski definition) is 2. The minimum absolute atomic E-state index is 0.00865. The van der Waals surface area contributed by atoms with Crippen LogP contribution in [-0.4, -0.2) is 76.7 Å². The topological polar surface area (TPSA) is 123 Å². The van der Waals surface area contributed by atoms with Crippen LogP contribution < -0.4 is 10.6 Å². The lowest BCUT2D eigenvalue weighted by atomic mass is 10.2. The number of nitrogens with zero attached hydrogens (tertiary/aromatic N) is 6. The SMILES string of the molecule is CN(C(=O)O)C1CCN(c2cc(-c3c(F)cnn3COCC[Si](C)(C)C)nc(N)n2)C1. The van der Waals surface area contributed by atoms with E-state index in [9.17, 15) is 14.3 Å². The Bertz CT molecular complexity index is 934. The van der Waals surface area contributed by atoms with E-state index < -0.39 is 20.0 Å². The van der Waals surface area contributed by atoms with Crippen LogP contribution in [0.15, 0.2) is 12.3 Å².